The number of hydrogen-bond donors (Lipinski definition) is 1. The zero-order chi connectivity index (χ0) is 14.5. The van der Waals surface area contributed by atoms with E-state index in [4.69, 9.17) is 15.2 Å². The molecule has 108 valence electrons. The molecule has 1 aromatic heterocycles. The molecule has 0 fully saturated rings. The van der Waals surface area contributed by atoms with Crippen LogP contribution in [0.25, 0.3) is 0 Å². The molecule has 0 amide bonds. The molecule has 0 spiro atoms. The van der Waals surface area contributed by atoms with Crippen LogP contribution in [-0.2, 0) is 13.5 Å². The van der Waals surface area contributed by atoms with Crippen molar-refractivity contribution in [3.8, 4) is 11.5 Å². The topological polar surface area (TPSA) is 62.3 Å². The minimum Gasteiger partial charge on any atom is -0.497 e. The van der Waals surface area contributed by atoms with E-state index in [1.54, 1.807) is 11.8 Å². The number of ether oxygens (including phenoxy) is 2. The van der Waals surface area contributed by atoms with Crippen molar-refractivity contribution in [2.75, 3.05) is 13.7 Å². The summed E-state index contributed by atoms with van der Waals surface area (Å²) < 4.78 is 12.9. The quantitative estimate of drug-likeness (QED) is 0.876. The molecular weight excluding hydrogens is 254 g/mol. The highest BCUT2D eigenvalue weighted by Gasteiger charge is 2.10. The summed E-state index contributed by atoms with van der Waals surface area (Å²) >= 11 is 0. The van der Waals surface area contributed by atoms with Gasteiger partial charge in [0.1, 0.15) is 11.5 Å². The smallest absolute Gasteiger partial charge is 0.127 e. The number of nitrogens with two attached hydrogens (primary N) is 1. The molecule has 1 aromatic carbocycles. The lowest BCUT2D eigenvalue weighted by atomic mass is 10.1. The van der Waals surface area contributed by atoms with Crippen LogP contribution in [0.2, 0.25) is 0 Å². The highest BCUT2D eigenvalue weighted by atomic mass is 16.5. The number of rotatable bonds is 6. The molecule has 5 nitrogen and oxygen atoms in total. The van der Waals surface area contributed by atoms with Crippen LogP contribution in [0.1, 0.15) is 24.1 Å². The summed E-state index contributed by atoms with van der Waals surface area (Å²) in [5.74, 6) is 1.55. The minimum absolute atomic E-state index is 0.0747. The number of hydrogen-bond acceptors (Lipinski definition) is 4. The summed E-state index contributed by atoms with van der Waals surface area (Å²) in [6.07, 6.45) is 4.65. The van der Waals surface area contributed by atoms with Crippen LogP contribution in [0, 0.1) is 0 Å². The van der Waals surface area contributed by atoms with E-state index in [2.05, 4.69) is 5.10 Å². The van der Waals surface area contributed by atoms with E-state index < -0.39 is 0 Å². The molecule has 2 rings (SSSR count). The predicted molar refractivity (Wildman–Crippen MR) is 78.0 cm³/mol. The molecule has 0 unspecified atom stereocenters. The molecular formula is C15H21N3O2. The third-order valence-corrected chi connectivity index (χ3v) is 3.12. The SMILES string of the molecule is COc1ccc([C@H](C)N)c(OCCc2cnn(C)c2)c1. The monoisotopic (exact) mass is 275 g/mol. The maximum atomic E-state index is 5.96. The second kappa shape index (κ2) is 6.43. The van der Waals surface area contributed by atoms with Crippen LogP contribution in [0.3, 0.4) is 0 Å². The third-order valence-electron chi connectivity index (χ3n) is 3.12. The van der Waals surface area contributed by atoms with Gasteiger partial charge in [-0.15, -0.1) is 0 Å². The van der Waals surface area contributed by atoms with Gasteiger partial charge < -0.3 is 15.2 Å². The normalized spacial score (nSPS) is 12.2. The van der Waals surface area contributed by atoms with Gasteiger partial charge in [-0.1, -0.05) is 6.07 Å². The lowest BCUT2D eigenvalue weighted by Gasteiger charge is -2.15. The highest BCUT2D eigenvalue weighted by molar-refractivity contribution is 5.42. The van der Waals surface area contributed by atoms with E-state index in [1.807, 2.05) is 44.6 Å². The van der Waals surface area contributed by atoms with Crippen molar-refractivity contribution in [3.05, 3.63) is 41.7 Å². The van der Waals surface area contributed by atoms with E-state index in [0.717, 1.165) is 29.0 Å². The Balaban J connectivity index is 2.03. The van der Waals surface area contributed by atoms with Gasteiger partial charge in [-0.3, -0.25) is 4.68 Å². The van der Waals surface area contributed by atoms with Crippen LogP contribution >= 0.6 is 0 Å². The number of methoxy groups -OCH3 is 1. The first-order valence-electron chi connectivity index (χ1n) is 6.64. The second-order valence-electron chi connectivity index (χ2n) is 4.81. The minimum atomic E-state index is -0.0747. The molecule has 0 saturated heterocycles. The first-order valence-corrected chi connectivity index (χ1v) is 6.64. The summed E-state index contributed by atoms with van der Waals surface area (Å²) in [6.45, 7) is 2.52. The van der Waals surface area contributed by atoms with Crippen molar-refractivity contribution < 1.29 is 9.47 Å². The number of aromatic nitrogens is 2. The largest absolute Gasteiger partial charge is 0.497 e. The van der Waals surface area contributed by atoms with Crippen LogP contribution in [0.5, 0.6) is 11.5 Å². The van der Waals surface area contributed by atoms with Crippen molar-refractivity contribution in [2.45, 2.75) is 19.4 Å². The van der Waals surface area contributed by atoms with Crippen molar-refractivity contribution >= 4 is 0 Å². The summed E-state index contributed by atoms with van der Waals surface area (Å²) in [4.78, 5) is 0. The average molecular weight is 275 g/mol. The second-order valence-corrected chi connectivity index (χ2v) is 4.81. The van der Waals surface area contributed by atoms with Gasteiger partial charge in [-0.25, -0.2) is 0 Å². The van der Waals surface area contributed by atoms with Crippen LogP contribution in [-0.4, -0.2) is 23.5 Å². The third kappa shape index (κ3) is 3.51. The van der Waals surface area contributed by atoms with Gasteiger partial charge in [0.25, 0.3) is 0 Å². The molecule has 20 heavy (non-hydrogen) atoms. The van der Waals surface area contributed by atoms with Gasteiger partial charge in [0.2, 0.25) is 0 Å². The fraction of sp³-hybridized carbons (Fsp3) is 0.400. The van der Waals surface area contributed by atoms with Crippen molar-refractivity contribution in [1.29, 1.82) is 0 Å². The molecule has 0 aliphatic carbocycles. The fourth-order valence-electron chi connectivity index (χ4n) is 2.02. The molecule has 2 N–H and O–H groups in total. The van der Waals surface area contributed by atoms with Gasteiger partial charge in [0.05, 0.1) is 19.9 Å². The Morgan fingerprint density at radius 3 is 2.80 bits per heavy atom. The van der Waals surface area contributed by atoms with Gasteiger partial charge in [0, 0.05) is 37.3 Å². The number of benzene rings is 1. The van der Waals surface area contributed by atoms with E-state index in [1.165, 1.54) is 0 Å². The molecule has 0 aliphatic rings. The Kier molecular flexibility index (Phi) is 4.63. The number of nitrogens with zero attached hydrogens (tertiary/aromatic N) is 2. The van der Waals surface area contributed by atoms with Gasteiger partial charge in [-0.05, 0) is 18.6 Å². The summed E-state index contributed by atoms with van der Waals surface area (Å²) in [5.41, 5.74) is 8.09. The van der Waals surface area contributed by atoms with Crippen molar-refractivity contribution in [1.82, 2.24) is 9.78 Å². The van der Waals surface area contributed by atoms with E-state index in [0.29, 0.717) is 6.61 Å². The molecule has 1 heterocycles. The first-order chi connectivity index (χ1) is 9.60. The number of aryl methyl sites for hydroxylation is 1. The summed E-state index contributed by atoms with van der Waals surface area (Å²) in [7, 11) is 3.54. The molecule has 0 radical (unpaired) electrons. The average Bonchev–Trinajstić information content (AvgIpc) is 2.84. The fourth-order valence-corrected chi connectivity index (χ4v) is 2.02. The molecule has 2 aromatic rings. The Bertz CT molecular complexity index is 564. The van der Waals surface area contributed by atoms with Crippen molar-refractivity contribution in [3.63, 3.8) is 0 Å². The Morgan fingerprint density at radius 2 is 2.20 bits per heavy atom. The standard InChI is InChI=1S/C15H21N3O2/c1-11(16)14-5-4-13(19-3)8-15(14)20-7-6-12-9-17-18(2)10-12/h4-5,8-11H,6-7,16H2,1-3H3/t11-/m0/s1. The summed E-state index contributed by atoms with van der Waals surface area (Å²) in [6, 6.07) is 5.65. The Morgan fingerprint density at radius 1 is 1.40 bits per heavy atom. The molecule has 1 atom stereocenters. The maximum absolute atomic E-state index is 5.96. The zero-order valence-electron chi connectivity index (χ0n) is 12.2. The Labute approximate surface area is 119 Å². The molecule has 0 bridgehead atoms. The van der Waals surface area contributed by atoms with Crippen LogP contribution in [0.15, 0.2) is 30.6 Å². The van der Waals surface area contributed by atoms with Crippen LogP contribution in [0.4, 0.5) is 0 Å². The molecule has 5 heteroatoms. The van der Waals surface area contributed by atoms with Crippen molar-refractivity contribution in [2.24, 2.45) is 12.8 Å². The summed E-state index contributed by atoms with van der Waals surface area (Å²) in [5, 5.41) is 4.14. The lowest BCUT2D eigenvalue weighted by Crippen LogP contribution is -2.09. The van der Waals surface area contributed by atoms with Crippen LogP contribution < -0.4 is 15.2 Å². The van der Waals surface area contributed by atoms with E-state index in [-0.39, 0.29) is 6.04 Å². The predicted octanol–water partition coefficient (Wildman–Crippen LogP) is 2.07. The Hall–Kier alpha value is -2.01. The molecule has 0 aliphatic heterocycles. The molecule has 0 saturated carbocycles. The van der Waals surface area contributed by atoms with Gasteiger partial charge >= 0.3 is 0 Å². The zero-order valence-corrected chi connectivity index (χ0v) is 12.2. The highest BCUT2D eigenvalue weighted by Crippen LogP contribution is 2.28. The lowest BCUT2D eigenvalue weighted by molar-refractivity contribution is 0.314. The van der Waals surface area contributed by atoms with Gasteiger partial charge in [-0.2, -0.15) is 5.10 Å². The first kappa shape index (κ1) is 14.4. The maximum Gasteiger partial charge on any atom is 0.127 e. The van der Waals surface area contributed by atoms with E-state index in [9.17, 15) is 0 Å². The van der Waals surface area contributed by atoms with E-state index >= 15 is 0 Å². The van der Waals surface area contributed by atoms with Gasteiger partial charge in [0.15, 0.2) is 0 Å².